The van der Waals surface area contributed by atoms with E-state index >= 15 is 0 Å². The Balaban J connectivity index is 2.44. The van der Waals surface area contributed by atoms with Crippen LogP contribution in [0.25, 0.3) is 0 Å². The van der Waals surface area contributed by atoms with E-state index in [0.29, 0.717) is 0 Å². The van der Waals surface area contributed by atoms with Crippen LogP contribution in [0.4, 0.5) is 24.0 Å². The zero-order valence-corrected chi connectivity index (χ0v) is 14.2. The maximum atomic E-state index is 12.8. The van der Waals surface area contributed by atoms with E-state index in [0.717, 1.165) is 23.0 Å². The number of alkyl halides is 3. The van der Waals surface area contributed by atoms with Crippen LogP contribution in [-0.4, -0.2) is 0 Å². The molecular weight excluding hydrogens is 333 g/mol. The molecule has 1 aromatic carbocycles. The fourth-order valence-corrected chi connectivity index (χ4v) is 3.48. The van der Waals surface area contributed by atoms with Crippen LogP contribution in [0.15, 0.2) is 23.6 Å². The zero-order valence-electron chi connectivity index (χ0n) is 12.7. The summed E-state index contributed by atoms with van der Waals surface area (Å²) in [6.07, 6.45) is -4.40. The summed E-state index contributed by atoms with van der Waals surface area (Å²) in [4.78, 5) is 0. The lowest BCUT2D eigenvalue weighted by Crippen LogP contribution is -2.52. The molecule has 0 unspecified atom stereocenters. The van der Waals surface area contributed by atoms with Gasteiger partial charge in [0.2, 0.25) is 0 Å². The molecule has 1 heterocycles. The highest BCUT2D eigenvalue weighted by Crippen LogP contribution is 2.35. The van der Waals surface area contributed by atoms with Gasteiger partial charge in [0.15, 0.2) is 0 Å². The first-order valence-electron chi connectivity index (χ1n) is 6.64. The number of thiazole rings is 1. The highest BCUT2D eigenvalue weighted by Gasteiger charge is 2.32. The Bertz CT molecular complexity index is 687. The van der Waals surface area contributed by atoms with Crippen molar-refractivity contribution in [2.24, 2.45) is 0 Å². The van der Waals surface area contributed by atoms with E-state index in [4.69, 9.17) is 11.6 Å². The van der Waals surface area contributed by atoms with E-state index in [9.17, 15) is 13.2 Å². The highest BCUT2D eigenvalue weighted by molar-refractivity contribution is 7.13. The van der Waals surface area contributed by atoms with Crippen molar-refractivity contribution in [2.75, 3.05) is 5.32 Å². The Labute approximate surface area is 136 Å². The zero-order chi connectivity index (χ0) is 16.7. The number of rotatable bonds is 2. The Morgan fingerprint density at radius 3 is 2.36 bits per heavy atom. The van der Waals surface area contributed by atoms with Crippen LogP contribution < -0.4 is 9.88 Å². The van der Waals surface area contributed by atoms with Crippen LogP contribution in [0.3, 0.4) is 0 Å². The second-order valence-corrected chi connectivity index (χ2v) is 7.27. The number of anilines is 2. The van der Waals surface area contributed by atoms with E-state index in [1.165, 1.54) is 17.4 Å². The standard InChI is InChI=1S/C15H16ClF3N2S/c1-9-8-22-13(21(9)14(2,3)4)20-12-7-10(15(17,18)19)5-6-11(12)16/h5-8H,1-4H3/p+1. The smallest absolute Gasteiger partial charge is 0.230 e. The largest absolute Gasteiger partial charge is 0.416 e. The van der Waals surface area contributed by atoms with Crippen LogP contribution in [0.1, 0.15) is 32.0 Å². The molecule has 2 nitrogen and oxygen atoms in total. The van der Waals surface area contributed by atoms with Gasteiger partial charge >= 0.3 is 11.3 Å². The minimum atomic E-state index is -4.40. The van der Waals surface area contributed by atoms with Gasteiger partial charge in [-0.15, -0.1) is 0 Å². The molecular formula is C15H17ClF3N2S+. The molecule has 0 saturated carbocycles. The number of hydrogen-bond acceptors (Lipinski definition) is 2. The molecule has 7 heteroatoms. The molecule has 2 rings (SSSR count). The van der Waals surface area contributed by atoms with E-state index in [2.05, 4.69) is 5.32 Å². The molecule has 0 bridgehead atoms. The Kier molecular flexibility index (Phi) is 4.46. The van der Waals surface area contributed by atoms with Crippen molar-refractivity contribution in [3.8, 4) is 0 Å². The molecule has 2 aromatic rings. The van der Waals surface area contributed by atoms with Crippen molar-refractivity contribution < 1.29 is 17.7 Å². The quantitative estimate of drug-likeness (QED) is 0.706. The summed E-state index contributed by atoms with van der Waals surface area (Å²) in [6, 6.07) is 3.27. The predicted octanol–water partition coefficient (Wildman–Crippen LogP) is 5.51. The second kappa shape index (κ2) is 5.74. The maximum absolute atomic E-state index is 12.8. The summed E-state index contributed by atoms with van der Waals surface area (Å²) < 4.78 is 40.5. The van der Waals surface area contributed by atoms with Crippen LogP contribution in [0, 0.1) is 6.92 Å². The van der Waals surface area contributed by atoms with Crippen molar-refractivity contribution in [1.29, 1.82) is 0 Å². The molecule has 0 fully saturated rings. The molecule has 0 spiro atoms. The maximum Gasteiger partial charge on any atom is 0.416 e. The van der Waals surface area contributed by atoms with Crippen molar-refractivity contribution in [2.45, 2.75) is 39.4 Å². The molecule has 120 valence electrons. The molecule has 0 amide bonds. The molecule has 1 N–H and O–H groups in total. The van der Waals surface area contributed by atoms with Crippen molar-refractivity contribution >= 4 is 33.8 Å². The van der Waals surface area contributed by atoms with Gasteiger partial charge in [-0.3, -0.25) is 0 Å². The first kappa shape index (κ1) is 17.1. The Morgan fingerprint density at radius 2 is 1.82 bits per heavy atom. The van der Waals surface area contributed by atoms with Gasteiger partial charge in [0.1, 0.15) is 16.9 Å². The summed E-state index contributed by atoms with van der Waals surface area (Å²) >= 11 is 7.47. The summed E-state index contributed by atoms with van der Waals surface area (Å²) in [6.45, 7) is 8.06. The van der Waals surface area contributed by atoms with Gasteiger partial charge in [0.05, 0.1) is 10.6 Å². The number of aromatic nitrogens is 1. The van der Waals surface area contributed by atoms with Gasteiger partial charge in [-0.2, -0.15) is 13.2 Å². The SMILES string of the molecule is Cc1csc(Nc2cc(C(F)(F)F)ccc2Cl)[n+]1C(C)(C)C. The molecule has 0 saturated heterocycles. The molecule has 0 aliphatic heterocycles. The second-order valence-electron chi connectivity index (χ2n) is 6.01. The normalized spacial score (nSPS) is 12.5. The predicted molar refractivity (Wildman–Crippen MR) is 84.0 cm³/mol. The summed E-state index contributed by atoms with van der Waals surface area (Å²) in [5.74, 6) is 0. The van der Waals surface area contributed by atoms with Crippen LogP contribution >= 0.6 is 22.9 Å². The third-order valence-electron chi connectivity index (χ3n) is 3.10. The lowest BCUT2D eigenvalue weighted by molar-refractivity contribution is -0.742. The first-order chi connectivity index (χ1) is 10.00. The lowest BCUT2D eigenvalue weighted by atomic mass is 10.1. The summed E-state index contributed by atoms with van der Waals surface area (Å²) in [5, 5.41) is 5.98. The number of nitrogens with one attached hydrogen (secondary N) is 1. The first-order valence-corrected chi connectivity index (χ1v) is 7.90. The topological polar surface area (TPSA) is 15.9 Å². The molecule has 22 heavy (non-hydrogen) atoms. The van der Waals surface area contributed by atoms with E-state index < -0.39 is 11.7 Å². The average molecular weight is 350 g/mol. The Hall–Kier alpha value is -1.27. The fraction of sp³-hybridized carbons (Fsp3) is 0.400. The van der Waals surface area contributed by atoms with Gasteiger partial charge in [-0.05, 0) is 45.9 Å². The lowest BCUT2D eigenvalue weighted by Gasteiger charge is -2.18. The minimum Gasteiger partial charge on any atom is -0.230 e. The molecule has 0 atom stereocenters. The van der Waals surface area contributed by atoms with Gasteiger partial charge in [-0.25, -0.2) is 9.88 Å². The molecule has 0 aliphatic rings. The monoisotopic (exact) mass is 349 g/mol. The fourth-order valence-electron chi connectivity index (χ4n) is 2.24. The van der Waals surface area contributed by atoms with Gasteiger partial charge in [-0.1, -0.05) is 22.9 Å². The molecule has 0 radical (unpaired) electrons. The number of halogens is 4. The summed E-state index contributed by atoms with van der Waals surface area (Å²) in [7, 11) is 0. The van der Waals surface area contributed by atoms with E-state index in [1.807, 2.05) is 37.6 Å². The Morgan fingerprint density at radius 1 is 1.18 bits per heavy atom. The average Bonchev–Trinajstić information content (AvgIpc) is 2.71. The van der Waals surface area contributed by atoms with E-state index in [1.54, 1.807) is 0 Å². The third-order valence-corrected chi connectivity index (χ3v) is 4.40. The van der Waals surface area contributed by atoms with Gasteiger partial charge in [0, 0.05) is 5.38 Å². The van der Waals surface area contributed by atoms with Crippen molar-refractivity contribution in [3.05, 3.63) is 39.9 Å². The summed E-state index contributed by atoms with van der Waals surface area (Å²) in [5.41, 5.74) is 0.356. The van der Waals surface area contributed by atoms with Crippen LogP contribution in [0.5, 0.6) is 0 Å². The van der Waals surface area contributed by atoms with Crippen molar-refractivity contribution in [3.63, 3.8) is 0 Å². The minimum absolute atomic E-state index is 0.194. The number of benzene rings is 1. The molecule has 1 aromatic heterocycles. The number of nitrogens with zero attached hydrogens (tertiary/aromatic N) is 1. The number of hydrogen-bond donors (Lipinski definition) is 1. The van der Waals surface area contributed by atoms with E-state index in [-0.39, 0.29) is 16.2 Å². The third kappa shape index (κ3) is 3.55. The van der Waals surface area contributed by atoms with Gasteiger partial charge in [0.25, 0.3) is 0 Å². The number of aryl methyl sites for hydroxylation is 1. The molecule has 0 aliphatic carbocycles. The highest BCUT2D eigenvalue weighted by atomic mass is 35.5. The van der Waals surface area contributed by atoms with Gasteiger partial charge < -0.3 is 0 Å². The van der Waals surface area contributed by atoms with Crippen LogP contribution in [-0.2, 0) is 11.7 Å². The van der Waals surface area contributed by atoms with Crippen LogP contribution in [0.2, 0.25) is 5.02 Å². The van der Waals surface area contributed by atoms with Crippen molar-refractivity contribution in [1.82, 2.24) is 0 Å².